The summed E-state index contributed by atoms with van der Waals surface area (Å²) in [4.78, 5) is 11.5. The summed E-state index contributed by atoms with van der Waals surface area (Å²) >= 11 is 0. The Morgan fingerprint density at radius 3 is 3.06 bits per heavy atom. The molecule has 0 aromatic heterocycles. The normalized spacial score (nSPS) is 25.1. The molecule has 1 aliphatic rings. The van der Waals surface area contributed by atoms with Gasteiger partial charge in [0.25, 0.3) is 0 Å². The number of esters is 1. The molecule has 0 radical (unpaired) electrons. The fourth-order valence-electron chi connectivity index (χ4n) is 2.22. The van der Waals surface area contributed by atoms with Gasteiger partial charge >= 0.3 is 5.97 Å². The Balaban J connectivity index is 2.19. The smallest absolute Gasteiger partial charge is 0.320 e. The molecule has 92 valence electrons. The maximum absolute atomic E-state index is 11.5. The summed E-state index contributed by atoms with van der Waals surface area (Å²) in [5.74, 6) is 0.608. The Morgan fingerprint density at radius 1 is 1.56 bits per heavy atom. The van der Waals surface area contributed by atoms with Gasteiger partial charge in [0.2, 0.25) is 0 Å². The van der Waals surface area contributed by atoms with Crippen molar-refractivity contribution in [1.29, 1.82) is 0 Å². The summed E-state index contributed by atoms with van der Waals surface area (Å²) in [6.45, 7) is 6.73. The van der Waals surface area contributed by atoms with Crippen LogP contribution < -0.4 is 5.32 Å². The van der Waals surface area contributed by atoms with E-state index in [1.807, 2.05) is 0 Å². The van der Waals surface area contributed by atoms with Gasteiger partial charge < -0.3 is 10.1 Å². The number of nitrogens with one attached hydrogen (secondary N) is 1. The first-order chi connectivity index (χ1) is 7.76. The summed E-state index contributed by atoms with van der Waals surface area (Å²) in [6.07, 6.45) is 7.64. The van der Waals surface area contributed by atoms with Gasteiger partial charge in [-0.05, 0) is 25.2 Å². The summed E-state index contributed by atoms with van der Waals surface area (Å²) in [5, 5.41) is 2.96. The third-order valence-electron chi connectivity index (χ3n) is 3.17. The van der Waals surface area contributed by atoms with Crippen molar-refractivity contribution in [3.63, 3.8) is 0 Å². The molecule has 16 heavy (non-hydrogen) atoms. The fourth-order valence-corrected chi connectivity index (χ4v) is 2.22. The molecule has 1 saturated carbocycles. The summed E-state index contributed by atoms with van der Waals surface area (Å²) in [5.41, 5.74) is 0. The molecular formula is C13H23NO2. The first-order valence-corrected chi connectivity index (χ1v) is 6.27. The third-order valence-corrected chi connectivity index (χ3v) is 3.17. The van der Waals surface area contributed by atoms with Crippen LogP contribution in [0.5, 0.6) is 0 Å². The molecule has 0 aromatic carbocycles. The second-order valence-corrected chi connectivity index (χ2v) is 4.47. The quantitative estimate of drug-likeness (QED) is 0.428. The Hall–Kier alpha value is -0.830. The van der Waals surface area contributed by atoms with Crippen molar-refractivity contribution in [2.45, 2.75) is 45.1 Å². The number of ether oxygens (including phenoxy) is 1. The monoisotopic (exact) mass is 225 g/mol. The highest BCUT2D eigenvalue weighted by atomic mass is 16.5. The van der Waals surface area contributed by atoms with Crippen molar-refractivity contribution < 1.29 is 9.53 Å². The highest BCUT2D eigenvalue weighted by Crippen LogP contribution is 2.28. The van der Waals surface area contributed by atoms with Crippen molar-refractivity contribution in [3.8, 4) is 0 Å². The molecule has 0 spiro atoms. The van der Waals surface area contributed by atoms with Crippen LogP contribution >= 0.6 is 0 Å². The molecule has 0 aromatic rings. The van der Waals surface area contributed by atoms with Gasteiger partial charge in [-0.2, -0.15) is 0 Å². The average molecular weight is 225 g/mol. The largest absolute Gasteiger partial charge is 0.461 e. The van der Waals surface area contributed by atoms with Gasteiger partial charge in [-0.25, -0.2) is 0 Å². The highest BCUT2D eigenvalue weighted by molar-refractivity contribution is 5.71. The lowest BCUT2D eigenvalue weighted by Crippen LogP contribution is -2.31. The van der Waals surface area contributed by atoms with Crippen molar-refractivity contribution in [1.82, 2.24) is 5.32 Å². The molecule has 0 aliphatic heterocycles. The summed E-state index contributed by atoms with van der Waals surface area (Å²) < 4.78 is 5.43. The first kappa shape index (κ1) is 13.2. The van der Waals surface area contributed by atoms with Gasteiger partial charge in [0.1, 0.15) is 6.10 Å². The zero-order valence-corrected chi connectivity index (χ0v) is 10.2. The van der Waals surface area contributed by atoms with Crippen LogP contribution in [0.15, 0.2) is 12.7 Å². The molecule has 1 rings (SSSR count). The molecule has 0 heterocycles. The van der Waals surface area contributed by atoms with E-state index in [9.17, 15) is 4.79 Å². The van der Waals surface area contributed by atoms with E-state index in [0.29, 0.717) is 13.1 Å². The maximum atomic E-state index is 11.5. The number of hydrogen-bond donors (Lipinski definition) is 1. The zero-order chi connectivity index (χ0) is 11.8. The molecule has 1 N–H and O–H groups in total. The minimum absolute atomic E-state index is 0.136. The highest BCUT2D eigenvalue weighted by Gasteiger charge is 2.23. The summed E-state index contributed by atoms with van der Waals surface area (Å²) in [6, 6.07) is 0. The van der Waals surface area contributed by atoms with E-state index in [0.717, 1.165) is 18.8 Å². The molecule has 0 saturated heterocycles. The lowest BCUT2D eigenvalue weighted by Gasteiger charge is -2.28. The number of hydrogen-bond acceptors (Lipinski definition) is 3. The lowest BCUT2D eigenvalue weighted by molar-refractivity contribution is -0.150. The second-order valence-electron chi connectivity index (χ2n) is 4.47. The molecule has 0 amide bonds. The van der Waals surface area contributed by atoms with Gasteiger partial charge in [0.15, 0.2) is 0 Å². The Morgan fingerprint density at radius 2 is 2.38 bits per heavy atom. The molecular weight excluding hydrogens is 202 g/mol. The fraction of sp³-hybridized carbons (Fsp3) is 0.769. The van der Waals surface area contributed by atoms with Gasteiger partial charge in [-0.15, -0.1) is 6.58 Å². The predicted octanol–water partition coefficient (Wildman–Crippen LogP) is 2.27. The number of carbonyl (C=O) groups is 1. The van der Waals surface area contributed by atoms with Crippen LogP contribution in [0.4, 0.5) is 0 Å². The SMILES string of the molecule is C=CCNCC(=O)OC1CCCC(CC)C1. The Bertz CT molecular complexity index is 228. The van der Waals surface area contributed by atoms with Crippen LogP contribution in [-0.4, -0.2) is 25.2 Å². The molecule has 0 bridgehead atoms. The Kier molecular flexibility index (Phi) is 6.16. The lowest BCUT2D eigenvalue weighted by atomic mass is 9.85. The van der Waals surface area contributed by atoms with Crippen LogP contribution in [0, 0.1) is 5.92 Å². The molecule has 3 nitrogen and oxygen atoms in total. The molecule has 2 atom stereocenters. The van der Waals surface area contributed by atoms with E-state index in [-0.39, 0.29) is 12.1 Å². The van der Waals surface area contributed by atoms with Gasteiger partial charge in [0.05, 0.1) is 6.54 Å². The molecule has 2 unspecified atom stereocenters. The van der Waals surface area contributed by atoms with Crippen LogP contribution in [-0.2, 0) is 9.53 Å². The first-order valence-electron chi connectivity index (χ1n) is 6.27. The molecule has 3 heteroatoms. The van der Waals surface area contributed by atoms with E-state index in [2.05, 4.69) is 18.8 Å². The van der Waals surface area contributed by atoms with Gasteiger partial charge in [0, 0.05) is 6.54 Å². The van der Waals surface area contributed by atoms with Crippen LogP contribution in [0.2, 0.25) is 0 Å². The van der Waals surface area contributed by atoms with E-state index in [1.165, 1.54) is 19.3 Å². The van der Waals surface area contributed by atoms with Crippen molar-refractivity contribution in [2.24, 2.45) is 5.92 Å². The van der Waals surface area contributed by atoms with Gasteiger partial charge in [-0.3, -0.25) is 4.79 Å². The van der Waals surface area contributed by atoms with E-state index in [4.69, 9.17) is 4.74 Å². The minimum Gasteiger partial charge on any atom is -0.461 e. The third kappa shape index (κ3) is 4.79. The van der Waals surface area contributed by atoms with Crippen LogP contribution in [0.3, 0.4) is 0 Å². The molecule has 1 aliphatic carbocycles. The van der Waals surface area contributed by atoms with E-state index in [1.54, 1.807) is 6.08 Å². The average Bonchev–Trinajstić information content (AvgIpc) is 2.29. The minimum atomic E-state index is -0.136. The topological polar surface area (TPSA) is 38.3 Å². The second kappa shape index (κ2) is 7.44. The van der Waals surface area contributed by atoms with Crippen LogP contribution in [0.1, 0.15) is 39.0 Å². The molecule has 1 fully saturated rings. The summed E-state index contributed by atoms with van der Waals surface area (Å²) in [7, 11) is 0. The van der Waals surface area contributed by atoms with E-state index < -0.39 is 0 Å². The Labute approximate surface area is 98.2 Å². The van der Waals surface area contributed by atoms with Crippen molar-refractivity contribution in [2.75, 3.05) is 13.1 Å². The van der Waals surface area contributed by atoms with Gasteiger partial charge in [-0.1, -0.05) is 25.8 Å². The van der Waals surface area contributed by atoms with E-state index >= 15 is 0 Å². The standard InChI is InChI=1S/C13H23NO2/c1-3-8-14-10-13(15)16-12-7-5-6-11(4-2)9-12/h3,11-12,14H,1,4-10H2,2H3. The van der Waals surface area contributed by atoms with Crippen LogP contribution in [0.25, 0.3) is 0 Å². The predicted molar refractivity (Wildman–Crippen MR) is 65.2 cm³/mol. The zero-order valence-electron chi connectivity index (χ0n) is 10.2. The number of rotatable bonds is 6. The van der Waals surface area contributed by atoms with Crippen molar-refractivity contribution >= 4 is 5.97 Å². The van der Waals surface area contributed by atoms with Crippen molar-refractivity contribution in [3.05, 3.63) is 12.7 Å². The number of carbonyl (C=O) groups excluding carboxylic acids is 1. The maximum Gasteiger partial charge on any atom is 0.320 e.